The molecule has 0 aliphatic rings. The van der Waals surface area contributed by atoms with E-state index < -0.39 is 0 Å². The molecule has 6 rings (SSSR count). The number of carbonyl (C=O) groups excluding carboxylic acids is 1. The Labute approximate surface area is 266 Å². The van der Waals surface area contributed by atoms with Gasteiger partial charge in [-0.1, -0.05) is 27.7 Å². The van der Waals surface area contributed by atoms with Crippen LogP contribution in [-0.2, 0) is 24.9 Å². The van der Waals surface area contributed by atoms with Crippen molar-refractivity contribution in [3.63, 3.8) is 0 Å². The second-order valence-electron chi connectivity index (χ2n) is 10.3. The Bertz CT molecular complexity index is 1810. The number of rotatable bonds is 8. The van der Waals surface area contributed by atoms with Crippen LogP contribution in [0.3, 0.4) is 0 Å². The van der Waals surface area contributed by atoms with E-state index in [1.807, 2.05) is 52.0 Å². The number of aromatic nitrogens is 1. The summed E-state index contributed by atoms with van der Waals surface area (Å²) in [6.45, 7) is 8.07. The molecular weight excluding hydrogens is 766 g/mol. The summed E-state index contributed by atoms with van der Waals surface area (Å²) in [6, 6.07) is 28.7. The Kier molecular flexibility index (Phi) is 11.0. The number of aliphatic hydroxyl groups is 1. The molecule has 0 saturated carbocycles. The van der Waals surface area contributed by atoms with Crippen molar-refractivity contribution in [1.82, 2.24) is 4.98 Å². The molecule has 2 heterocycles. The summed E-state index contributed by atoms with van der Waals surface area (Å²) in [5.41, 5.74) is 2.67. The fourth-order valence-electron chi connectivity index (χ4n) is 5.39. The molecule has 2 aromatic heterocycles. The summed E-state index contributed by atoms with van der Waals surface area (Å²) in [7, 11) is 0. The SMILES string of the molecule is CCC(CC)C(=O)/C=C(\O)C(CC)CC.[Ir].[c-]1c(-c2nc3ccccc3o2)c2c3ccccc3[se]c2c2ccccc12. The van der Waals surface area contributed by atoms with Gasteiger partial charge in [0, 0.05) is 38.0 Å². The van der Waals surface area contributed by atoms with Crippen molar-refractivity contribution in [3.8, 4) is 11.5 Å². The second-order valence-corrected chi connectivity index (χ2v) is 12.5. The van der Waals surface area contributed by atoms with E-state index in [-0.39, 0.29) is 58.0 Å². The number of nitrogens with zero attached hydrogens (tertiary/aromatic N) is 1. The number of hydrogen-bond donors (Lipinski definition) is 1. The van der Waals surface area contributed by atoms with Gasteiger partial charge in [-0.05, 0) is 25.7 Å². The number of carbonyl (C=O) groups is 1. The Morgan fingerprint density at radius 2 is 1.50 bits per heavy atom. The van der Waals surface area contributed by atoms with Crippen LogP contribution < -0.4 is 0 Å². The fraction of sp³-hybridized carbons (Fsp3) is 0.278. The minimum atomic E-state index is 0. The van der Waals surface area contributed by atoms with Gasteiger partial charge in [0.2, 0.25) is 0 Å². The standard InChI is InChI=1S/C23H12NOSe.C13H24O2.Ir/c1-2-8-15-14(7-1)13-17(23-24-18-10-4-5-11-19(18)25-23)21-16-9-3-6-12-20(16)26-22(15)21;1-5-10(6-2)12(14)9-13(15)11(7-3)8-4;/h1-12H;9-11,14H,5-8H2,1-4H3;/q-1;;/b;12-9-;. The third-order valence-corrected chi connectivity index (χ3v) is 10.4. The summed E-state index contributed by atoms with van der Waals surface area (Å²) in [4.78, 5) is 16.5. The quantitative estimate of drug-likeness (QED) is 0.0721. The molecule has 0 atom stereocenters. The molecule has 1 N–H and O–H groups in total. The number of aliphatic hydroxyl groups excluding tert-OH is 1. The molecule has 219 valence electrons. The number of fused-ring (bicyclic) bond motifs is 6. The predicted octanol–water partition coefficient (Wildman–Crippen LogP) is 9.68. The zero-order valence-electron chi connectivity index (χ0n) is 24.4. The molecule has 6 heteroatoms. The maximum absolute atomic E-state index is 11.7. The van der Waals surface area contributed by atoms with Gasteiger partial charge in [-0.15, -0.1) is 0 Å². The molecule has 42 heavy (non-hydrogen) atoms. The normalized spacial score (nSPS) is 11.8. The predicted molar refractivity (Wildman–Crippen MR) is 172 cm³/mol. The number of para-hydroxylation sites is 2. The monoisotopic (exact) mass is 803 g/mol. The number of ketones is 1. The summed E-state index contributed by atoms with van der Waals surface area (Å²) >= 11 is 0.279. The Morgan fingerprint density at radius 3 is 2.19 bits per heavy atom. The van der Waals surface area contributed by atoms with E-state index in [9.17, 15) is 9.90 Å². The third kappa shape index (κ3) is 6.48. The van der Waals surface area contributed by atoms with E-state index in [4.69, 9.17) is 9.40 Å². The van der Waals surface area contributed by atoms with Gasteiger partial charge in [-0.25, -0.2) is 0 Å². The van der Waals surface area contributed by atoms with E-state index in [2.05, 4.69) is 54.6 Å². The molecule has 1 radical (unpaired) electrons. The number of hydrogen-bond acceptors (Lipinski definition) is 4. The molecule has 0 bridgehead atoms. The summed E-state index contributed by atoms with van der Waals surface area (Å²) < 4.78 is 8.93. The fourth-order valence-corrected chi connectivity index (χ4v) is 8.01. The van der Waals surface area contributed by atoms with Crippen molar-refractivity contribution in [2.45, 2.75) is 53.4 Å². The molecule has 0 amide bonds. The molecule has 6 aromatic rings. The van der Waals surface area contributed by atoms with Crippen LogP contribution in [0.1, 0.15) is 53.4 Å². The minimum absolute atomic E-state index is 0. The van der Waals surface area contributed by atoms with Gasteiger partial charge < -0.3 is 5.11 Å². The van der Waals surface area contributed by atoms with Crippen molar-refractivity contribution >= 4 is 61.5 Å². The zero-order valence-corrected chi connectivity index (χ0v) is 28.5. The van der Waals surface area contributed by atoms with Crippen molar-refractivity contribution in [1.29, 1.82) is 0 Å². The van der Waals surface area contributed by atoms with Crippen LogP contribution in [0.4, 0.5) is 0 Å². The van der Waals surface area contributed by atoms with Gasteiger partial charge in [-0.2, -0.15) is 0 Å². The first kappa shape index (κ1) is 31.9. The summed E-state index contributed by atoms with van der Waals surface area (Å²) in [6.07, 6.45) is 4.91. The molecule has 0 fully saturated rings. The Balaban J connectivity index is 0.000000221. The van der Waals surface area contributed by atoms with Crippen molar-refractivity contribution in [2.24, 2.45) is 11.8 Å². The first-order valence-electron chi connectivity index (χ1n) is 14.5. The van der Waals surface area contributed by atoms with Gasteiger partial charge in [0.15, 0.2) is 5.78 Å². The molecule has 4 nitrogen and oxygen atoms in total. The van der Waals surface area contributed by atoms with E-state index in [0.717, 1.165) is 47.7 Å². The Morgan fingerprint density at radius 1 is 0.881 bits per heavy atom. The number of allylic oxidation sites excluding steroid dienone is 2. The van der Waals surface area contributed by atoms with Crippen molar-refractivity contribution in [2.75, 3.05) is 0 Å². The third-order valence-electron chi connectivity index (χ3n) is 7.87. The topological polar surface area (TPSA) is 63.3 Å². The van der Waals surface area contributed by atoms with E-state index in [1.165, 1.54) is 30.8 Å². The Hall–Kier alpha value is -3.01. The second kappa shape index (κ2) is 14.4. The van der Waals surface area contributed by atoms with E-state index >= 15 is 0 Å². The molecule has 0 spiro atoms. The maximum atomic E-state index is 11.7. The van der Waals surface area contributed by atoms with Gasteiger partial charge in [-0.3, -0.25) is 4.79 Å². The van der Waals surface area contributed by atoms with Crippen LogP contribution in [0, 0.1) is 17.9 Å². The van der Waals surface area contributed by atoms with Gasteiger partial charge in [0.25, 0.3) is 0 Å². The molecular formula is C36H36IrNO3Se-. The van der Waals surface area contributed by atoms with Gasteiger partial charge >= 0.3 is 155 Å². The van der Waals surface area contributed by atoms with E-state index in [1.54, 1.807) is 0 Å². The number of benzene rings is 4. The van der Waals surface area contributed by atoms with Crippen molar-refractivity contribution < 1.29 is 34.4 Å². The van der Waals surface area contributed by atoms with Crippen LogP contribution in [0.5, 0.6) is 0 Å². The van der Waals surface area contributed by atoms with Gasteiger partial charge in [0.1, 0.15) is 0 Å². The van der Waals surface area contributed by atoms with Crippen LogP contribution >= 0.6 is 0 Å². The average Bonchev–Trinajstić information content (AvgIpc) is 3.61. The molecule has 4 aromatic carbocycles. The summed E-state index contributed by atoms with van der Waals surface area (Å²) in [5.74, 6) is 1.20. The van der Waals surface area contributed by atoms with E-state index in [0.29, 0.717) is 5.89 Å². The van der Waals surface area contributed by atoms with Crippen molar-refractivity contribution in [3.05, 3.63) is 90.7 Å². The number of oxazole rings is 1. The van der Waals surface area contributed by atoms with Crippen LogP contribution in [0.25, 0.3) is 52.6 Å². The molecule has 0 aliphatic carbocycles. The van der Waals surface area contributed by atoms with Crippen LogP contribution in [0.15, 0.2) is 89.0 Å². The zero-order chi connectivity index (χ0) is 28.9. The molecule has 0 unspecified atom stereocenters. The summed E-state index contributed by atoms with van der Waals surface area (Å²) in [5, 5.41) is 14.7. The molecule has 0 aliphatic heterocycles. The molecule has 0 saturated heterocycles. The van der Waals surface area contributed by atoms with Crippen LogP contribution in [0.2, 0.25) is 0 Å². The average molecular weight is 802 g/mol. The first-order chi connectivity index (χ1) is 20.0. The van der Waals surface area contributed by atoms with Gasteiger partial charge in [0.05, 0.1) is 5.76 Å². The first-order valence-corrected chi connectivity index (χ1v) is 16.3. The van der Waals surface area contributed by atoms with Crippen LogP contribution in [-0.4, -0.2) is 30.4 Å².